The highest BCUT2D eigenvalue weighted by Gasteiger charge is 1.97. The van der Waals surface area contributed by atoms with E-state index in [0.717, 1.165) is 12.1 Å². The lowest BCUT2D eigenvalue weighted by Crippen LogP contribution is -1.87. The molecule has 0 spiro atoms. The molecule has 0 aliphatic carbocycles. The van der Waals surface area contributed by atoms with Crippen LogP contribution in [0.25, 0.3) is 6.08 Å². The zero-order valence-corrected chi connectivity index (χ0v) is 8.03. The Bertz CT molecular complexity index is 412. The normalized spacial score (nSPS) is 10.0. The Balaban J connectivity index is 2.15. The van der Waals surface area contributed by atoms with Crippen LogP contribution < -0.4 is 0 Å². The van der Waals surface area contributed by atoms with E-state index in [9.17, 15) is 0 Å². The second-order valence-corrected chi connectivity index (χ2v) is 3.31. The molecule has 0 unspecified atom stereocenters. The Morgan fingerprint density at radius 1 is 1.07 bits per heavy atom. The van der Waals surface area contributed by atoms with E-state index in [1.807, 2.05) is 18.2 Å². The summed E-state index contributed by atoms with van der Waals surface area (Å²) < 4.78 is 0. The lowest BCUT2D eigenvalue weighted by Gasteiger charge is -1.97. The molecule has 0 bridgehead atoms. The summed E-state index contributed by atoms with van der Waals surface area (Å²) >= 11 is 0. The first-order valence-electron chi connectivity index (χ1n) is 4.73. The molecule has 0 aliphatic heterocycles. The van der Waals surface area contributed by atoms with Gasteiger partial charge in [0.15, 0.2) is 0 Å². The standard InChI is InChI=1S/C13H13N/c1-2-12-8-9-13(14-12)10-11-6-4-3-5-7-11/h2-9,14H,1,10H2. The van der Waals surface area contributed by atoms with Gasteiger partial charge in [-0.2, -0.15) is 0 Å². The molecule has 0 radical (unpaired) electrons. The summed E-state index contributed by atoms with van der Waals surface area (Å²) in [6.07, 6.45) is 2.78. The van der Waals surface area contributed by atoms with E-state index in [2.05, 4.69) is 41.9 Å². The lowest BCUT2D eigenvalue weighted by atomic mass is 10.1. The van der Waals surface area contributed by atoms with Gasteiger partial charge >= 0.3 is 0 Å². The van der Waals surface area contributed by atoms with Gasteiger partial charge in [0, 0.05) is 17.8 Å². The van der Waals surface area contributed by atoms with Crippen molar-refractivity contribution < 1.29 is 0 Å². The van der Waals surface area contributed by atoms with E-state index < -0.39 is 0 Å². The Morgan fingerprint density at radius 3 is 2.50 bits per heavy atom. The van der Waals surface area contributed by atoms with Crippen LogP contribution in [0.15, 0.2) is 49.0 Å². The molecule has 1 heterocycles. The number of H-pyrrole nitrogens is 1. The SMILES string of the molecule is C=Cc1ccc(Cc2ccccc2)[nH]1. The smallest absolute Gasteiger partial charge is 0.0376 e. The first-order valence-corrected chi connectivity index (χ1v) is 4.73. The molecule has 0 fully saturated rings. The van der Waals surface area contributed by atoms with Crippen molar-refractivity contribution in [3.8, 4) is 0 Å². The maximum atomic E-state index is 3.72. The molecule has 14 heavy (non-hydrogen) atoms. The number of benzene rings is 1. The van der Waals surface area contributed by atoms with E-state index in [1.54, 1.807) is 0 Å². The zero-order valence-electron chi connectivity index (χ0n) is 8.03. The first-order chi connectivity index (χ1) is 6.88. The fourth-order valence-corrected chi connectivity index (χ4v) is 1.50. The molecular formula is C13H13N. The van der Waals surface area contributed by atoms with E-state index in [4.69, 9.17) is 0 Å². The number of aromatic amines is 1. The minimum Gasteiger partial charge on any atom is -0.359 e. The van der Waals surface area contributed by atoms with Gasteiger partial charge in [0.2, 0.25) is 0 Å². The minimum absolute atomic E-state index is 0.953. The summed E-state index contributed by atoms with van der Waals surface area (Å²) in [6, 6.07) is 14.6. The van der Waals surface area contributed by atoms with E-state index in [-0.39, 0.29) is 0 Å². The highest BCUT2D eigenvalue weighted by atomic mass is 14.7. The molecule has 0 atom stereocenters. The molecule has 70 valence electrons. The number of hydrogen-bond acceptors (Lipinski definition) is 0. The van der Waals surface area contributed by atoms with Gasteiger partial charge in [0.05, 0.1) is 0 Å². The van der Waals surface area contributed by atoms with Gasteiger partial charge in [0.25, 0.3) is 0 Å². The quantitative estimate of drug-likeness (QED) is 0.751. The highest BCUT2D eigenvalue weighted by Crippen LogP contribution is 2.09. The van der Waals surface area contributed by atoms with Crippen molar-refractivity contribution in [2.45, 2.75) is 6.42 Å². The molecule has 2 aromatic rings. The van der Waals surface area contributed by atoms with Gasteiger partial charge in [-0.05, 0) is 23.8 Å². The van der Waals surface area contributed by atoms with Crippen LogP contribution in [0.1, 0.15) is 17.0 Å². The fourth-order valence-electron chi connectivity index (χ4n) is 1.50. The van der Waals surface area contributed by atoms with Crippen molar-refractivity contribution in [2.24, 2.45) is 0 Å². The van der Waals surface area contributed by atoms with Crippen LogP contribution in [0.5, 0.6) is 0 Å². The first kappa shape index (κ1) is 8.82. The second-order valence-electron chi connectivity index (χ2n) is 3.31. The molecule has 2 rings (SSSR count). The summed E-state index contributed by atoms with van der Waals surface area (Å²) in [4.78, 5) is 3.29. The molecule has 0 saturated carbocycles. The Hall–Kier alpha value is -1.76. The second kappa shape index (κ2) is 3.97. The van der Waals surface area contributed by atoms with Crippen molar-refractivity contribution in [1.29, 1.82) is 0 Å². The predicted octanol–water partition coefficient (Wildman–Crippen LogP) is 3.25. The molecule has 1 aromatic carbocycles. The molecular weight excluding hydrogens is 170 g/mol. The Kier molecular flexibility index (Phi) is 2.50. The van der Waals surface area contributed by atoms with Crippen LogP contribution in [0, 0.1) is 0 Å². The molecule has 1 aromatic heterocycles. The predicted molar refractivity (Wildman–Crippen MR) is 60.1 cm³/mol. The number of hydrogen-bond donors (Lipinski definition) is 1. The number of aromatic nitrogens is 1. The maximum Gasteiger partial charge on any atom is 0.0376 e. The number of nitrogens with one attached hydrogen (secondary N) is 1. The topological polar surface area (TPSA) is 15.8 Å². The van der Waals surface area contributed by atoms with Crippen LogP contribution in [0.2, 0.25) is 0 Å². The average molecular weight is 183 g/mol. The van der Waals surface area contributed by atoms with Crippen molar-refractivity contribution in [2.75, 3.05) is 0 Å². The molecule has 1 nitrogen and oxygen atoms in total. The van der Waals surface area contributed by atoms with Gasteiger partial charge in [-0.3, -0.25) is 0 Å². The van der Waals surface area contributed by atoms with Gasteiger partial charge in [-0.1, -0.05) is 36.9 Å². The van der Waals surface area contributed by atoms with Crippen molar-refractivity contribution in [1.82, 2.24) is 4.98 Å². The Morgan fingerprint density at radius 2 is 1.86 bits per heavy atom. The van der Waals surface area contributed by atoms with E-state index >= 15 is 0 Å². The van der Waals surface area contributed by atoms with Gasteiger partial charge in [-0.25, -0.2) is 0 Å². The van der Waals surface area contributed by atoms with E-state index in [1.165, 1.54) is 11.3 Å². The lowest BCUT2D eigenvalue weighted by molar-refractivity contribution is 1.10. The summed E-state index contributed by atoms with van der Waals surface area (Å²) in [6.45, 7) is 3.72. The third kappa shape index (κ3) is 1.94. The van der Waals surface area contributed by atoms with Gasteiger partial charge in [0.1, 0.15) is 0 Å². The summed E-state index contributed by atoms with van der Waals surface area (Å²) in [5.74, 6) is 0. The average Bonchev–Trinajstić information content (AvgIpc) is 2.67. The molecule has 0 saturated heterocycles. The molecule has 1 heteroatoms. The maximum absolute atomic E-state index is 3.72. The summed E-state index contributed by atoms with van der Waals surface area (Å²) in [5.41, 5.74) is 3.63. The monoisotopic (exact) mass is 183 g/mol. The van der Waals surface area contributed by atoms with E-state index in [0.29, 0.717) is 0 Å². The van der Waals surface area contributed by atoms with Crippen molar-refractivity contribution in [3.05, 3.63) is 66.0 Å². The van der Waals surface area contributed by atoms with Gasteiger partial charge < -0.3 is 4.98 Å². The zero-order chi connectivity index (χ0) is 9.80. The van der Waals surface area contributed by atoms with Crippen LogP contribution in [-0.4, -0.2) is 4.98 Å². The summed E-state index contributed by atoms with van der Waals surface area (Å²) in [7, 11) is 0. The van der Waals surface area contributed by atoms with Crippen molar-refractivity contribution >= 4 is 6.08 Å². The third-order valence-corrected chi connectivity index (χ3v) is 2.23. The minimum atomic E-state index is 0.953. The summed E-state index contributed by atoms with van der Waals surface area (Å²) in [5, 5.41) is 0. The third-order valence-electron chi connectivity index (χ3n) is 2.23. The molecule has 0 aliphatic rings. The fraction of sp³-hybridized carbons (Fsp3) is 0.0769. The van der Waals surface area contributed by atoms with Gasteiger partial charge in [-0.15, -0.1) is 0 Å². The Labute approximate surface area is 84.1 Å². The highest BCUT2D eigenvalue weighted by molar-refractivity contribution is 5.43. The van der Waals surface area contributed by atoms with Crippen LogP contribution in [0.4, 0.5) is 0 Å². The van der Waals surface area contributed by atoms with Crippen LogP contribution in [0.3, 0.4) is 0 Å². The molecule has 0 amide bonds. The largest absolute Gasteiger partial charge is 0.359 e. The van der Waals surface area contributed by atoms with Crippen LogP contribution in [-0.2, 0) is 6.42 Å². The van der Waals surface area contributed by atoms with Crippen molar-refractivity contribution in [3.63, 3.8) is 0 Å². The number of rotatable bonds is 3. The van der Waals surface area contributed by atoms with Crippen LogP contribution >= 0.6 is 0 Å². The molecule has 1 N–H and O–H groups in total.